The van der Waals surface area contributed by atoms with Gasteiger partial charge in [0.05, 0.1) is 25.4 Å². The van der Waals surface area contributed by atoms with Gasteiger partial charge in [0.1, 0.15) is 30.5 Å². The maximum atomic E-state index is 13.3. The lowest BCUT2D eigenvalue weighted by Gasteiger charge is -2.40. The molecule has 11 heteroatoms. The van der Waals surface area contributed by atoms with Crippen LogP contribution in [-0.2, 0) is 14.3 Å². The molecule has 1 aliphatic heterocycles. The summed E-state index contributed by atoms with van der Waals surface area (Å²) in [6.45, 7) is 9.36. The molecule has 8 atom stereocenters. The first-order valence-electron chi connectivity index (χ1n) is 29.0. The fraction of sp³-hybridized carbons (Fsp3) is 0.982. The summed E-state index contributed by atoms with van der Waals surface area (Å²) in [7, 11) is 0. The molecule has 11 nitrogen and oxygen atoms in total. The van der Waals surface area contributed by atoms with Gasteiger partial charge in [0.25, 0.3) is 0 Å². The minimum atomic E-state index is -1.61. The van der Waals surface area contributed by atoms with E-state index in [-0.39, 0.29) is 18.9 Å². The zero-order chi connectivity index (χ0) is 49.0. The molecule has 1 amide bonds. The zero-order valence-corrected chi connectivity index (χ0v) is 44.1. The number of amides is 1. The number of nitrogens with zero attached hydrogens (tertiary/aromatic N) is 1. The van der Waals surface area contributed by atoms with Crippen molar-refractivity contribution in [2.24, 2.45) is 0 Å². The summed E-state index contributed by atoms with van der Waals surface area (Å²) in [5, 5.41) is 65.9. The van der Waals surface area contributed by atoms with E-state index in [9.17, 15) is 35.4 Å². The van der Waals surface area contributed by atoms with Crippen LogP contribution in [0.4, 0.5) is 0 Å². The number of hydrogen-bond donors (Lipinski definition) is 7. The van der Waals surface area contributed by atoms with Crippen molar-refractivity contribution in [3.05, 3.63) is 0 Å². The predicted molar refractivity (Wildman–Crippen MR) is 277 cm³/mol. The molecule has 0 aromatic carbocycles. The molecule has 0 aromatic heterocycles. The van der Waals surface area contributed by atoms with Crippen LogP contribution in [0.3, 0.4) is 0 Å². The summed E-state index contributed by atoms with van der Waals surface area (Å²) in [5.74, 6) is -0.252. The van der Waals surface area contributed by atoms with Crippen molar-refractivity contribution in [3.8, 4) is 0 Å². The third-order valence-corrected chi connectivity index (χ3v) is 14.3. The van der Waals surface area contributed by atoms with Gasteiger partial charge < -0.3 is 50.3 Å². The lowest BCUT2D eigenvalue weighted by Crippen LogP contribution is -2.60. The predicted octanol–water partition coefficient (Wildman–Crippen LogP) is 11.6. The van der Waals surface area contributed by atoms with E-state index in [1.54, 1.807) is 0 Å². The van der Waals surface area contributed by atoms with Crippen molar-refractivity contribution >= 4 is 5.91 Å². The van der Waals surface area contributed by atoms with Crippen LogP contribution < -0.4 is 5.32 Å². The lowest BCUT2D eigenvalue weighted by molar-refractivity contribution is -0.303. The van der Waals surface area contributed by atoms with Crippen LogP contribution in [0, 0.1) is 0 Å². The van der Waals surface area contributed by atoms with Crippen LogP contribution in [0.15, 0.2) is 0 Å². The van der Waals surface area contributed by atoms with Gasteiger partial charge in [-0.05, 0) is 51.7 Å². The highest BCUT2D eigenvalue weighted by Gasteiger charge is 2.44. The Morgan fingerprint density at radius 3 is 1.25 bits per heavy atom. The monoisotopic (exact) mass is 957 g/mol. The number of hydrogen-bond acceptors (Lipinski definition) is 10. The minimum absolute atomic E-state index is 0.252. The second kappa shape index (κ2) is 46.2. The van der Waals surface area contributed by atoms with E-state index in [2.05, 4.69) is 31.0 Å². The quantitative estimate of drug-likeness (QED) is 0.0291. The average molecular weight is 958 g/mol. The van der Waals surface area contributed by atoms with Crippen LogP contribution in [0.1, 0.15) is 271 Å². The van der Waals surface area contributed by atoms with Gasteiger partial charge in [0.15, 0.2) is 6.29 Å². The van der Waals surface area contributed by atoms with Gasteiger partial charge in [-0.2, -0.15) is 0 Å². The number of carbonyl (C=O) groups is 1. The summed E-state index contributed by atoms with van der Waals surface area (Å²) in [6.07, 6.45) is 37.5. The standard InChI is InChI=1S/C56H112N2O9/c1-4-7-10-13-16-19-22-23-24-25-28-31-36-41-49(60)52(62)48(47-66-56-55(65)54(64)53(63)50(46-59)67-56)57-51(61)42-37-32-35-40-45-58(43-38-33-29-26-20-17-14-11-8-5-2)44-39-34-30-27-21-18-15-12-9-6-3/h48-50,52-56,59-60,62-65H,4-47H2,1-3H3,(H,57,61)/t48-,49+,50+,52-,53-,54-,55+,56-/m0/s1. The molecular weight excluding hydrogens is 845 g/mol. The minimum Gasteiger partial charge on any atom is -0.394 e. The Balaban J connectivity index is 2.59. The van der Waals surface area contributed by atoms with Crippen LogP contribution in [0.25, 0.3) is 0 Å². The molecule has 7 N–H and O–H groups in total. The van der Waals surface area contributed by atoms with E-state index >= 15 is 0 Å². The smallest absolute Gasteiger partial charge is 0.220 e. The van der Waals surface area contributed by atoms with Crippen LogP contribution in [0.5, 0.6) is 0 Å². The van der Waals surface area contributed by atoms with Crippen molar-refractivity contribution in [3.63, 3.8) is 0 Å². The topological polar surface area (TPSA) is 172 Å². The first-order chi connectivity index (χ1) is 32.7. The highest BCUT2D eigenvalue weighted by atomic mass is 16.7. The molecule has 0 aromatic rings. The zero-order valence-electron chi connectivity index (χ0n) is 44.1. The summed E-state index contributed by atoms with van der Waals surface area (Å²) < 4.78 is 11.3. The van der Waals surface area contributed by atoms with Crippen LogP contribution >= 0.6 is 0 Å². The molecule has 67 heavy (non-hydrogen) atoms. The third kappa shape index (κ3) is 35.0. The highest BCUT2D eigenvalue weighted by molar-refractivity contribution is 5.76. The number of unbranched alkanes of at least 4 members (excludes halogenated alkanes) is 33. The molecule has 0 radical (unpaired) electrons. The normalized spacial score (nSPS) is 20.1. The Labute approximate surface area is 412 Å². The Bertz CT molecular complexity index is 1030. The van der Waals surface area contributed by atoms with E-state index < -0.39 is 55.6 Å². The molecule has 1 heterocycles. The maximum absolute atomic E-state index is 13.3. The summed E-state index contributed by atoms with van der Waals surface area (Å²) in [6, 6.07) is -0.998. The van der Waals surface area contributed by atoms with E-state index in [1.165, 1.54) is 199 Å². The van der Waals surface area contributed by atoms with Gasteiger partial charge in [-0.1, -0.05) is 233 Å². The molecular formula is C56H112N2O9. The Morgan fingerprint density at radius 1 is 0.507 bits per heavy atom. The van der Waals surface area contributed by atoms with Crippen LogP contribution in [0.2, 0.25) is 0 Å². The average Bonchev–Trinajstić information content (AvgIpc) is 3.33. The molecule has 0 spiro atoms. The number of ether oxygens (including phenoxy) is 2. The van der Waals surface area contributed by atoms with Crippen molar-refractivity contribution in [2.75, 3.05) is 32.8 Å². The Morgan fingerprint density at radius 2 is 0.866 bits per heavy atom. The first kappa shape index (κ1) is 64.1. The number of carbonyl (C=O) groups excluding carboxylic acids is 1. The molecule has 0 aliphatic carbocycles. The van der Waals surface area contributed by atoms with E-state index in [4.69, 9.17) is 9.47 Å². The second-order valence-electron chi connectivity index (χ2n) is 20.7. The first-order valence-corrected chi connectivity index (χ1v) is 29.0. The van der Waals surface area contributed by atoms with Crippen LogP contribution in [-0.4, -0.2) is 123 Å². The van der Waals surface area contributed by atoms with Crippen molar-refractivity contribution < 1.29 is 44.9 Å². The van der Waals surface area contributed by atoms with E-state index in [1.807, 2.05) is 0 Å². The van der Waals surface area contributed by atoms with Gasteiger partial charge in [-0.3, -0.25) is 4.79 Å². The molecule has 1 aliphatic rings. The van der Waals surface area contributed by atoms with Crippen molar-refractivity contribution in [1.29, 1.82) is 0 Å². The SMILES string of the molecule is CCCCCCCCCCCCCCC[C@@H](O)[C@@H](O)[C@H](CO[C@H]1O[C@H](CO)[C@H](O)[C@H](O)[C@H]1O)NC(=O)CCCCCCN(CCCCCCCCCCCC)CCCCCCCCCCCC. The molecule has 0 unspecified atom stereocenters. The van der Waals surface area contributed by atoms with E-state index in [0.717, 1.165) is 51.5 Å². The summed E-state index contributed by atoms with van der Waals surface area (Å²) >= 11 is 0. The molecule has 400 valence electrons. The molecule has 0 saturated carbocycles. The van der Waals surface area contributed by atoms with Gasteiger partial charge in [-0.15, -0.1) is 0 Å². The number of aliphatic hydroxyl groups is 6. The van der Waals surface area contributed by atoms with Gasteiger partial charge in [-0.25, -0.2) is 0 Å². The van der Waals surface area contributed by atoms with Gasteiger partial charge in [0, 0.05) is 6.42 Å². The second-order valence-corrected chi connectivity index (χ2v) is 20.7. The molecule has 1 rings (SSSR count). The molecule has 1 saturated heterocycles. The Hall–Kier alpha value is -0.890. The number of aliphatic hydroxyl groups excluding tert-OH is 6. The van der Waals surface area contributed by atoms with Gasteiger partial charge >= 0.3 is 0 Å². The summed E-state index contributed by atoms with van der Waals surface area (Å²) in [4.78, 5) is 16.0. The highest BCUT2D eigenvalue weighted by Crippen LogP contribution is 2.23. The van der Waals surface area contributed by atoms with E-state index in [0.29, 0.717) is 12.8 Å². The maximum Gasteiger partial charge on any atom is 0.220 e. The molecule has 0 bridgehead atoms. The molecule has 1 fully saturated rings. The summed E-state index contributed by atoms with van der Waals surface area (Å²) in [5.41, 5.74) is 0. The fourth-order valence-corrected chi connectivity index (χ4v) is 9.67. The number of nitrogens with one attached hydrogen (secondary N) is 1. The largest absolute Gasteiger partial charge is 0.394 e. The van der Waals surface area contributed by atoms with Gasteiger partial charge in [0.2, 0.25) is 5.91 Å². The van der Waals surface area contributed by atoms with Crippen molar-refractivity contribution in [1.82, 2.24) is 10.2 Å². The number of rotatable bonds is 50. The Kier molecular flexibility index (Phi) is 44.2. The van der Waals surface area contributed by atoms with Crippen molar-refractivity contribution in [2.45, 2.75) is 320 Å². The third-order valence-electron chi connectivity index (χ3n) is 14.3. The fourth-order valence-electron chi connectivity index (χ4n) is 9.67. The lowest BCUT2D eigenvalue weighted by atomic mass is 9.98.